The molecule has 0 amide bonds. The molecule has 2 nitrogen and oxygen atoms in total. The van der Waals surface area contributed by atoms with E-state index in [9.17, 15) is 13.2 Å². The van der Waals surface area contributed by atoms with Crippen molar-refractivity contribution in [3.8, 4) is 22.8 Å². The minimum absolute atomic E-state index is 0.389. The third kappa shape index (κ3) is 3.99. The predicted molar refractivity (Wildman–Crippen MR) is 90.7 cm³/mol. The molecule has 5 heteroatoms. The summed E-state index contributed by atoms with van der Waals surface area (Å²) in [7, 11) is 0. The van der Waals surface area contributed by atoms with E-state index in [-0.39, 0.29) is 0 Å². The lowest BCUT2D eigenvalue weighted by atomic mass is 10.0. The SMILES string of the molecule is Cc1ccc(Oc2cc(-c3ccc(C(F)(F)F)cc3)ccn2)cc1C. The van der Waals surface area contributed by atoms with Gasteiger partial charge in [-0.05, 0) is 66.4 Å². The highest BCUT2D eigenvalue weighted by molar-refractivity contribution is 5.64. The van der Waals surface area contributed by atoms with Gasteiger partial charge in [-0.25, -0.2) is 4.98 Å². The van der Waals surface area contributed by atoms with Crippen LogP contribution in [0.25, 0.3) is 11.1 Å². The summed E-state index contributed by atoms with van der Waals surface area (Å²) in [6.07, 6.45) is -2.77. The molecular weight excluding hydrogens is 327 g/mol. The molecule has 0 aliphatic rings. The van der Waals surface area contributed by atoms with E-state index in [4.69, 9.17) is 4.74 Å². The van der Waals surface area contributed by atoms with Crippen molar-refractivity contribution in [1.29, 1.82) is 0 Å². The minimum Gasteiger partial charge on any atom is -0.439 e. The van der Waals surface area contributed by atoms with Gasteiger partial charge in [0.05, 0.1) is 5.56 Å². The Kier molecular flexibility index (Phi) is 4.49. The molecule has 0 bridgehead atoms. The highest BCUT2D eigenvalue weighted by Crippen LogP contribution is 2.32. The van der Waals surface area contributed by atoms with Gasteiger partial charge in [-0.3, -0.25) is 0 Å². The molecule has 3 rings (SSSR count). The maximum Gasteiger partial charge on any atom is 0.416 e. The summed E-state index contributed by atoms with van der Waals surface area (Å²) in [5.74, 6) is 1.06. The summed E-state index contributed by atoms with van der Waals surface area (Å²) < 4.78 is 43.7. The standard InChI is InChI=1S/C20H16F3NO/c1-13-3-8-18(11-14(13)2)25-19-12-16(9-10-24-19)15-4-6-17(7-5-15)20(21,22)23/h3-12H,1-2H3. The van der Waals surface area contributed by atoms with Gasteiger partial charge in [0.25, 0.3) is 0 Å². The predicted octanol–water partition coefficient (Wildman–Crippen LogP) is 6.18. The van der Waals surface area contributed by atoms with Crippen LogP contribution in [0.3, 0.4) is 0 Å². The molecule has 0 atom stereocenters. The van der Waals surface area contributed by atoms with Crippen LogP contribution < -0.4 is 4.74 Å². The van der Waals surface area contributed by atoms with Gasteiger partial charge in [-0.15, -0.1) is 0 Å². The minimum atomic E-state index is -4.34. The van der Waals surface area contributed by atoms with Gasteiger partial charge in [0.15, 0.2) is 0 Å². The number of benzene rings is 2. The fourth-order valence-corrected chi connectivity index (χ4v) is 2.39. The first-order chi connectivity index (χ1) is 11.8. The van der Waals surface area contributed by atoms with Crippen molar-refractivity contribution in [2.75, 3.05) is 0 Å². The Hall–Kier alpha value is -2.82. The molecule has 0 N–H and O–H groups in total. The fourth-order valence-electron chi connectivity index (χ4n) is 2.39. The molecular formula is C20H16F3NO. The highest BCUT2D eigenvalue weighted by Gasteiger charge is 2.29. The van der Waals surface area contributed by atoms with Gasteiger partial charge >= 0.3 is 6.18 Å². The number of aryl methyl sites for hydroxylation is 2. The Balaban J connectivity index is 1.85. The Morgan fingerprint density at radius 3 is 2.16 bits per heavy atom. The van der Waals surface area contributed by atoms with Gasteiger partial charge in [0.2, 0.25) is 5.88 Å². The van der Waals surface area contributed by atoms with Gasteiger partial charge in [-0.1, -0.05) is 18.2 Å². The third-order valence-electron chi connectivity index (χ3n) is 3.98. The molecule has 0 aliphatic carbocycles. The average Bonchev–Trinajstić information content (AvgIpc) is 2.58. The highest BCUT2D eigenvalue weighted by atomic mass is 19.4. The van der Waals surface area contributed by atoms with Crippen molar-refractivity contribution in [2.24, 2.45) is 0 Å². The molecule has 1 aromatic heterocycles. The van der Waals surface area contributed by atoms with Crippen LogP contribution in [0.15, 0.2) is 60.8 Å². The van der Waals surface area contributed by atoms with Crippen molar-refractivity contribution < 1.29 is 17.9 Å². The van der Waals surface area contributed by atoms with E-state index in [2.05, 4.69) is 4.98 Å². The van der Waals surface area contributed by atoms with E-state index < -0.39 is 11.7 Å². The lowest BCUT2D eigenvalue weighted by molar-refractivity contribution is -0.137. The van der Waals surface area contributed by atoms with Crippen LogP contribution in [0.5, 0.6) is 11.6 Å². The maximum atomic E-state index is 12.7. The van der Waals surface area contributed by atoms with Gasteiger partial charge in [0, 0.05) is 12.3 Å². The van der Waals surface area contributed by atoms with Gasteiger partial charge in [-0.2, -0.15) is 13.2 Å². The molecule has 2 aromatic carbocycles. The van der Waals surface area contributed by atoms with E-state index in [1.807, 2.05) is 32.0 Å². The van der Waals surface area contributed by atoms with Crippen LogP contribution in [0, 0.1) is 13.8 Å². The first-order valence-electron chi connectivity index (χ1n) is 7.72. The number of hydrogen-bond acceptors (Lipinski definition) is 2. The lowest BCUT2D eigenvalue weighted by Crippen LogP contribution is -2.03. The van der Waals surface area contributed by atoms with E-state index >= 15 is 0 Å². The van der Waals surface area contributed by atoms with E-state index in [0.717, 1.165) is 23.3 Å². The van der Waals surface area contributed by atoms with E-state index in [1.165, 1.54) is 17.7 Å². The number of rotatable bonds is 3. The topological polar surface area (TPSA) is 22.1 Å². The summed E-state index contributed by atoms with van der Waals surface area (Å²) in [6.45, 7) is 4.01. The number of nitrogens with zero attached hydrogens (tertiary/aromatic N) is 1. The second kappa shape index (κ2) is 6.59. The summed E-state index contributed by atoms with van der Waals surface area (Å²) >= 11 is 0. The van der Waals surface area contributed by atoms with Crippen LogP contribution in [0.2, 0.25) is 0 Å². The molecule has 0 fully saturated rings. The van der Waals surface area contributed by atoms with E-state index in [1.54, 1.807) is 18.3 Å². The van der Waals surface area contributed by atoms with Crippen molar-refractivity contribution in [3.05, 3.63) is 77.5 Å². The van der Waals surface area contributed by atoms with Crippen LogP contribution >= 0.6 is 0 Å². The number of aromatic nitrogens is 1. The smallest absolute Gasteiger partial charge is 0.416 e. The van der Waals surface area contributed by atoms with Gasteiger partial charge in [0.1, 0.15) is 5.75 Å². The Morgan fingerprint density at radius 1 is 0.800 bits per heavy atom. The van der Waals surface area contributed by atoms with Crippen molar-refractivity contribution in [2.45, 2.75) is 20.0 Å². The molecule has 128 valence electrons. The molecule has 0 saturated carbocycles. The molecule has 25 heavy (non-hydrogen) atoms. The average molecular weight is 343 g/mol. The van der Waals surface area contributed by atoms with Crippen molar-refractivity contribution in [3.63, 3.8) is 0 Å². The van der Waals surface area contributed by atoms with Crippen molar-refractivity contribution in [1.82, 2.24) is 4.98 Å². The number of alkyl halides is 3. The summed E-state index contributed by atoms with van der Waals surface area (Å²) in [6, 6.07) is 14.2. The third-order valence-corrected chi connectivity index (χ3v) is 3.98. The zero-order chi connectivity index (χ0) is 18.0. The molecule has 0 aliphatic heterocycles. The summed E-state index contributed by atoms with van der Waals surface area (Å²) in [5.41, 5.74) is 3.01. The van der Waals surface area contributed by atoms with Crippen molar-refractivity contribution >= 4 is 0 Å². The number of pyridine rings is 1. The van der Waals surface area contributed by atoms with E-state index in [0.29, 0.717) is 17.2 Å². The largest absolute Gasteiger partial charge is 0.439 e. The Labute approximate surface area is 143 Å². The monoisotopic (exact) mass is 343 g/mol. The number of ether oxygens (including phenoxy) is 1. The zero-order valence-corrected chi connectivity index (χ0v) is 13.8. The first kappa shape index (κ1) is 17.0. The number of halogens is 3. The Bertz CT molecular complexity index is 886. The van der Waals surface area contributed by atoms with Gasteiger partial charge < -0.3 is 4.74 Å². The lowest BCUT2D eigenvalue weighted by Gasteiger charge is -2.10. The molecule has 0 saturated heterocycles. The molecule has 0 radical (unpaired) electrons. The Morgan fingerprint density at radius 2 is 1.52 bits per heavy atom. The quantitative estimate of drug-likeness (QED) is 0.567. The summed E-state index contributed by atoms with van der Waals surface area (Å²) in [5, 5.41) is 0. The second-order valence-corrected chi connectivity index (χ2v) is 5.81. The maximum absolute atomic E-state index is 12.7. The fraction of sp³-hybridized carbons (Fsp3) is 0.150. The van der Waals surface area contributed by atoms with Crippen LogP contribution in [0.4, 0.5) is 13.2 Å². The zero-order valence-electron chi connectivity index (χ0n) is 13.8. The normalized spacial score (nSPS) is 11.4. The molecule has 1 heterocycles. The molecule has 0 unspecified atom stereocenters. The summed E-state index contributed by atoms with van der Waals surface area (Å²) in [4.78, 5) is 4.17. The first-order valence-corrected chi connectivity index (χ1v) is 7.72. The second-order valence-electron chi connectivity index (χ2n) is 5.81. The molecule has 0 spiro atoms. The van der Waals surface area contributed by atoms with Crippen LogP contribution in [-0.2, 0) is 6.18 Å². The van der Waals surface area contributed by atoms with Crippen LogP contribution in [0.1, 0.15) is 16.7 Å². The molecule has 3 aromatic rings. The van der Waals surface area contributed by atoms with Crippen LogP contribution in [-0.4, -0.2) is 4.98 Å². The number of hydrogen-bond donors (Lipinski definition) is 0.